The van der Waals surface area contributed by atoms with E-state index in [1.807, 2.05) is 4.90 Å². The lowest BCUT2D eigenvalue weighted by Crippen LogP contribution is -2.44. The van der Waals surface area contributed by atoms with E-state index in [2.05, 4.69) is 15.3 Å². The predicted octanol–water partition coefficient (Wildman–Crippen LogP) is 2.68. The zero-order valence-electron chi connectivity index (χ0n) is 11.6. The van der Waals surface area contributed by atoms with Crippen molar-refractivity contribution in [2.45, 2.75) is 0 Å². The van der Waals surface area contributed by atoms with Gasteiger partial charge in [-0.25, -0.2) is 18.7 Å². The molecule has 0 amide bonds. The molecule has 0 bridgehead atoms. The van der Waals surface area contributed by atoms with E-state index in [0.717, 1.165) is 44.4 Å². The van der Waals surface area contributed by atoms with E-state index >= 15 is 0 Å². The van der Waals surface area contributed by atoms with Crippen LogP contribution in [0.25, 0.3) is 11.3 Å². The third-order valence-electron chi connectivity index (χ3n) is 3.25. The minimum absolute atomic E-state index is 0. The molecular weight excluding hydrogens is 333 g/mol. The summed E-state index contributed by atoms with van der Waals surface area (Å²) in [6, 6.07) is 4.94. The lowest BCUT2D eigenvalue weighted by atomic mass is 10.1. The largest absolute Gasteiger partial charge is 0.338 e. The van der Waals surface area contributed by atoms with Crippen LogP contribution in [0.2, 0.25) is 0 Å². The van der Waals surface area contributed by atoms with Crippen molar-refractivity contribution < 1.29 is 8.78 Å². The van der Waals surface area contributed by atoms with Crippen molar-refractivity contribution in [2.75, 3.05) is 31.1 Å². The van der Waals surface area contributed by atoms with Gasteiger partial charge in [0.15, 0.2) is 0 Å². The fraction of sp³-hybridized carbons (Fsp3) is 0.286. The van der Waals surface area contributed by atoms with Crippen LogP contribution in [0.5, 0.6) is 0 Å². The molecule has 120 valence electrons. The van der Waals surface area contributed by atoms with Gasteiger partial charge in [-0.3, -0.25) is 0 Å². The van der Waals surface area contributed by atoms with Gasteiger partial charge in [0, 0.05) is 37.9 Å². The summed E-state index contributed by atoms with van der Waals surface area (Å²) in [6.45, 7) is 3.33. The summed E-state index contributed by atoms with van der Waals surface area (Å²) in [4.78, 5) is 10.6. The lowest BCUT2D eigenvalue weighted by Gasteiger charge is -2.27. The topological polar surface area (TPSA) is 41.1 Å². The molecule has 8 heteroatoms. The summed E-state index contributed by atoms with van der Waals surface area (Å²) in [5.41, 5.74) is 0.550. The maximum atomic E-state index is 13.8. The number of rotatable bonds is 2. The first-order valence-corrected chi connectivity index (χ1v) is 6.48. The van der Waals surface area contributed by atoms with Crippen molar-refractivity contribution in [3.8, 4) is 11.3 Å². The van der Waals surface area contributed by atoms with E-state index in [-0.39, 0.29) is 30.4 Å². The Hall–Kier alpha value is -1.50. The number of piperazine rings is 1. The van der Waals surface area contributed by atoms with Gasteiger partial charge in [-0.1, -0.05) is 0 Å². The lowest BCUT2D eigenvalue weighted by molar-refractivity contribution is 0.579. The Morgan fingerprint density at radius 1 is 1.05 bits per heavy atom. The average molecular weight is 349 g/mol. The number of nitrogens with one attached hydrogen (secondary N) is 1. The molecule has 4 nitrogen and oxygen atoms in total. The molecule has 3 rings (SSSR count). The smallest absolute Gasteiger partial charge is 0.225 e. The van der Waals surface area contributed by atoms with Crippen LogP contribution in [0.4, 0.5) is 14.7 Å². The molecule has 22 heavy (non-hydrogen) atoms. The van der Waals surface area contributed by atoms with E-state index in [4.69, 9.17) is 0 Å². The van der Waals surface area contributed by atoms with Crippen molar-refractivity contribution in [3.63, 3.8) is 0 Å². The highest BCUT2D eigenvalue weighted by molar-refractivity contribution is 5.85. The molecule has 1 saturated heterocycles. The average Bonchev–Trinajstić information content (AvgIpc) is 2.51. The van der Waals surface area contributed by atoms with Crippen LogP contribution in [0, 0.1) is 11.6 Å². The molecule has 1 aliphatic rings. The highest BCUT2D eigenvalue weighted by Crippen LogP contribution is 2.23. The van der Waals surface area contributed by atoms with Crippen LogP contribution in [0.3, 0.4) is 0 Å². The predicted molar refractivity (Wildman–Crippen MR) is 87.0 cm³/mol. The van der Waals surface area contributed by atoms with Crippen molar-refractivity contribution in [2.24, 2.45) is 0 Å². The molecule has 1 aromatic carbocycles. The summed E-state index contributed by atoms with van der Waals surface area (Å²) < 4.78 is 27.0. The highest BCUT2D eigenvalue weighted by Gasteiger charge is 2.15. The van der Waals surface area contributed by atoms with Gasteiger partial charge in [-0.15, -0.1) is 24.8 Å². The molecule has 2 heterocycles. The van der Waals surface area contributed by atoms with Crippen LogP contribution in [-0.2, 0) is 0 Å². The minimum Gasteiger partial charge on any atom is -0.338 e. The van der Waals surface area contributed by atoms with Gasteiger partial charge >= 0.3 is 0 Å². The van der Waals surface area contributed by atoms with Crippen LogP contribution in [0.15, 0.2) is 30.5 Å². The maximum Gasteiger partial charge on any atom is 0.225 e. The van der Waals surface area contributed by atoms with Gasteiger partial charge in [0.25, 0.3) is 0 Å². The van der Waals surface area contributed by atoms with Crippen molar-refractivity contribution in [1.29, 1.82) is 0 Å². The first-order valence-electron chi connectivity index (χ1n) is 6.48. The summed E-state index contributed by atoms with van der Waals surface area (Å²) in [5, 5.41) is 3.24. The third-order valence-corrected chi connectivity index (χ3v) is 3.25. The van der Waals surface area contributed by atoms with E-state index in [1.54, 1.807) is 12.3 Å². The zero-order valence-corrected chi connectivity index (χ0v) is 13.3. The monoisotopic (exact) mass is 348 g/mol. The first kappa shape index (κ1) is 18.5. The van der Waals surface area contributed by atoms with E-state index in [1.165, 1.54) is 0 Å². The molecule has 0 spiro atoms. The number of halogens is 4. The molecule has 0 unspecified atom stereocenters. The highest BCUT2D eigenvalue weighted by atomic mass is 35.5. The number of hydrogen-bond donors (Lipinski definition) is 1. The second kappa shape index (κ2) is 8.22. The molecule has 0 aliphatic carbocycles. The van der Waals surface area contributed by atoms with Crippen LogP contribution in [0.1, 0.15) is 0 Å². The van der Waals surface area contributed by atoms with Crippen molar-refractivity contribution >= 4 is 30.8 Å². The Balaban J connectivity index is 0.00000121. The van der Waals surface area contributed by atoms with E-state index < -0.39 is 11.6 Å². The fourth-order valence-electron chi connectivity index (χ4n) is 2.21. The number of benzene rings is 1. The third kappa shape index (κ3) is 4.03. The van der Waals surface area contributed by atoms with Gasteiger partial charge in [0.1, 0.15) is 11.6 Å². The Labute approximate surface area is 139 Å². The van der Waals surface area contributed by atoms with Gasteiger partial charge in [-0.2, -0.15) is 0 Å². The quantitative estimate of drug-likeness (QED) is 0.905. The number of aromatic nitrogens is 2. The van der Waals surface area contributed by atoms with Gasteiger partial charge in [0.2, 0.25) is 5.95 Å². The molecule has 1 aliphatic heterocycles. The molecule has 1 fully saturated rings. The number of anilines is 1. The van der Waals surface area contributed by atoms with Crippen LogP contribution >= 0.6 is 24.8 Å². The Morgan fingerprint density at radius 3 is 2.50 bits per heavy atom. The molecule has 2 aromatic rings. The first-order chi connectivity index (χ1) is 9.74. The number of hydrogen-bond acceptors (Lipinski definition) is 4. The molecule has 0 radical (unpaired) electrons. The Morgan fingerprint density at radius 2 is 1.77 bits per heavy atom. The standard InChI is InChI=1S/C14H14F2N4.2ClH/c15-10-1-2-12(16)11(9-10)13-3-4-18-14(19-13)20-7-5-17-6-8-20;;/h1-4,9,17H,5-8H2;2*1H. The van der Waals surface area contributed by atoms with Crippen LogP contribution < -0.4 is 10.2 Å². The van der Waals surface area contributed by atoms with Gasteiger partial charge in [-0.05, 0) is 24.3 Å². The zero-order chi connectivity index (χ0) is 13.9. The normalized spacial score (nSPS) is 14.0. The minimum atomic E-state index is -0.489. The fourth-order valence-corrected chi connectivity index (χ4v) is 2.21. The second-order valence-corrected chi connectivity index (χ2v) is 4.60. The summed E-state index contributed by atoms with van der Waals surface area (Å²) in [5.74, 6) is -0.423. The number of nitrogens with zero attached hydrogens (tertiary/aromatic N) is 3. The Bertz CT molecular complexity index is 622. The van der Waals surface area contributed by atoms with Gasteiger partial charge in [0.05, 0.1) is 5.69 Å². The van der Waals surface area contributed by atoms with Crippen molar-refractivity contribution in [3.05, 3.63) is 42.1 Å². The summed E-state index contributed by atoms with van der Waals surface area (Å²) >= 11 is 0. The molecule has 0 atom stereocenters. The summed E-state index contributed by atoms with van der Waals surface area (Å²) in [7, 11) is 0. The van der Waals surface area contributed by atoms with E-state index in [9.17, 15) is 8.78 Å². The molecule has 1 aromatic heterocycles. The molecule has 1 N–H and O–H groups in total. The Kier molecular flexibility index (Phi) is 6.93. The molecule has 0 saturated carbocycles. The SMILES string of the molecule is Cl.Cl.Fc1ccc(F)c(-c2ccnc(N3CCNCC3)n2)c1. The van der Waals surface area contributed by atoms with Gasteiger partial charge < -0.3 is 10.2 Å². The maximum absolute atomic E-state index is 13.8. The summed E-state index contributed by atoms with van der Waals surface area (Å²) in [6.07, 6.45) is 1.57. The van der Waals surface area contributed by atoms with Crippen molar-refractivity contribution in [1.82, 2.24) is 15.3 Å². The second-order valence-electron chi connectivity index (χ2n) is 4.60. The van der Waals surface area contributed by atoms with Crippen LogP contribution in [-0.4, -0.2) is 36.1 Å². The molecular formula is C14H16Cl2F2N4. The van der Waals surface area contributed by atoms with E-state index in [0.29, 0.717) is 11.6 Å².